The van der Waals surface area contributed by atoms with Crippen LogP contribution in [0.3, 0.4) is 0 Å². The van der Waals surface area contributed by atoms with Crippen molar-refractivity contribution < 1.29 is 9.53 Å². The van der Waals surface area contributed by atoms with Crippen LogP contribution < -0.4 is 4.74 Å². The van der Waals surface area contributed by atoms with Crippen LogP contribution in [0.1, 0.15) is 29.2 Å². The Morgan fingerprint density at radius 3 is 3.10 bits per heavy atom. The van der Waals surface area contributed by atoms with Crippen LogP contribution in [0.5, 0.6) is 5.88 Å². The molecular weight excluding hydrogens is 268 g/mol. The van der Waals surface area contributed by atoms with Crippen molar-refractivity contribution in [3.63, 3.8) is 0 Å². The minimum atomic E-state index is -0.0234. The summed E-state index contributed by atoms with van der Waals surface area (Å²) in [5, 5.41) is 0. The van der Waals surface area contributed by atoms with E-state index in [9.17, 15) is 4.79 Å². The molecular formula is C15H18N4O2. The first kappa shape index (κ1) is 13.6. The first-order chi connectivity index (χ1) is 10.3. The van der Waals surface area contributed by atoms with E-state index in [0.717, 1.165) is 19.4 Å². The topological polar surface area (TPSA) is 60.2 Å². The third kappa shape index (κ3) is 2.74. The van der Waals surface area contributed by atoms with Crippen LogP contribution in [0.2, 0.25) is 0 Å². The van der Waals surface area contributed by atoms with Gasteiger partial charge in [-0.05, 0) is 25.0 Å². The molecule has 2 aromatic rings. The van der Waals surface area contributed by atoms with Crippen molar-refractivity contribution in [3.05, 3.63) is 42.6 Å². The molecule has 0 spiro atoms. The molecule has 0 saturated carbocycles. The van der Waals surface area contributed by atoms with Gasteiger partial charge in [-0.3, -0.25) is 4.79 Å². The van der Waals surface area contributed by atoms with Gasteiger partial charge in [-0.25, -0.2) is 9.97 Å². The van der Waals surface area contributed by atoms with E-state index in [1.165, 1.54) is 7.11 Å². The standard InChI is InChI=1S/C15H18N4O2/c1-21-14-13(5-2-6-17-14)15(20)18-8-3-4-12(10-18)19-9-7-16-11-19/h2,5-7,9,11-12H,3-4,8,10H2,1H3/t12-/m1/s1. The molecule has 0 bridgehead atoms. The number of amides is 1. The Labute approximate surface area is 123 Å². The van der Waals surface area contributed by atoms with E-state index in [1.807, 2.05) is 17.4 Å². The van der Waals surface area contributed by atoms with E-state index in [-0.39, 0.29) is 11.9 Å². The van der Waals surface area contributed by atoms with E-state index < -0.39 is 0 Å². The maximum atomic E-state index is 12.7. The van der Waals surface area contributed by atoms with Gasteiger partial charge < -0.3 is 14.2 Å². The Kier molecular flexibility index (Phi) is 3.85. The molecule has 0 unspecified atom stereocenters. The van der Waals surface area contributed by atoms with Crippen LogP contribution in [0, 0.1) is 0 Å². The van der Waals surface area contributed by atoms with E-state index in [1.54, 1.807) is 24.5 Å². The SMILES string of the molecule is COc1ncccc1C(=O)N1CCC[C@@H](n2ccnc2)C1. The summed E-state index contributed by atoms with van der Waals surface area (Å²) >= 11 is 0. The van der Waals surface area contributed by atoms with Gasteiger partial charge in [0, 0.05) is 31.7 Å². The van der Waals surface area contributed by atoms with Crippen molar-refractivity contribution in [3.8, 4) is 5.88 Å². The van der Waals surface area contributed by atoms with Gasteiger partial charge in [0.05, 0.1) is 19.5 Å². The number of pyridine rings is 1. The second-order valence-electron chi connectivity index (χ2n) is 5.12. The van der Waals surface area contributed by atoms with Gasteiger partial charge in [-0.15, -0.1) is 0 Å². The quantitative estimate of drug-likeness (QED) is 0.862. The molecule has 1 fully saturated rings. The summed E-state index contributed by atoms with van der Waals surface area (Å²) in [5.41, 5.74) is 0.520. The first-order valence-corrected chi connectivity index (χ1v) is 7.05. The van der Waals surface area contributed by atoms with Gasteiger partial charge >= 0.3 is 0 Å². The van der Waals surface area contributed by atoms with Gasteiger partial charge in [-0.2, -0.15) is 0 Å². The van der Waals surface area contributed by atoms with Gasteiger partial charge in [0.2, 0.25) is 5.88 Å². The number of ether oxygens (including phenoxy) is 1. The number of methoxy groups -OCH3 is 1. The third-order valence-electron chi connectivity index (χ3n) is 3.83. The highest BCUT2D eigenvalue weighted by Crippen LogP contribution is 2.24. The van der Waals surface area contributed by atoms with Gasteiger partial charge in [-0.1, -0.05) is 0 Å². The average Bonchev–Trinajstić information content (AvgIpc) is 3.09. The number of likely N-dealkylation sites (tertiary alicyclic amines) is 1. The fourth-order valence-corrected chi connectivity index (χ4v) is 2.75. The van der Waals surface area contributed by atoms with Gasteiger partial charge in [0.1, 0.15) is 5.56 Å². The van der Waals surface area contributed by atoms with Crippen LogP contribution in [0.25, 0.3) is 0 Å². The van der Waals surface area contributed by atoms with Crippen molar-refractivity contribution in [2.24, 2.45) is 0 Å². The molecule has 1 saturated heterocycles. The lowest BCUT2D eigenvalue weighted by molar-refractivity contribution is 0.0675. The number of nitrogens with zero attached hydrogens (tertiary/aromatic N) is 4. The Morgan fingerprint density at radius 2 is 2.33 bits per heavy atom. The van der Waals surface area contributed by atoms with E-state index in [4.69, 9.17) is 4.74 Å². The second-order valence-corrected chi connectivity index (χ2v) is 5.12. The number of aromatic nitrogens is 3. The van der Waals surface area contributed by atoms with Crippen molar-refractivity contribution in [1.29, 1.82) is 0 Å². The summed E-state index contributed by atoms with van der Waals surface area (Å²) < 4.78 is 7.25. The lowest BCUT2D eigenvalue weighted by Gasteiger charge is -2.33. The number of carbonyl (C=O) groups excluding carboxylic acids is 1. The number of carbonyl (C=O) groups is 1. The van der Waals surface area contributed by atoms with Gasteiger partial charge in [0.15, 0.2) is 0 Å². The molecule has 3 heterocycles. The van der Waals surface area contributed by atoms with E-state index in [2.05, 4.69) is 14.5 Å². The highest BCUT2D eigenvalue weighted by atomic mass is 16.5. The molecule has 1 aliphatic rings. The summed E-state index contributed by atoms with van der Waals surface area (Å²) in [5.74, 6) is 0.358. The molecule has 1 aliphatic heterocycles. The predicted octanol–water partition coefficient (Wildman–Crippen LogP) is 1.76. The molecule has 110 valence electrons. The number of imidazole rings is 1. The van der Waals surface area contributed by atoms with Gasteiger partial charge in [0.25, 0.3) is 5.91 Å². The second kappa shape index (κ2) is 5.95. The molecule has 6 nitrogen and oxygen atoms in total. The van der Waals surface area contributed by atoms with Crippen molar-refractivity contribution >= 4 is 5.91 Å². The Hall–Kier alpha value is -2.37. The summed E-state index contributed by atoms with van der Waals surface area (Å²) in [6.45, 7) is 1.45. The summed E-state index contributed by atoms with van der Waals surface area (Å²) in [6, 6.07) is 3.80. The van der Waals surface area contributed by atoms with Crippen LogP contribution in [0.4, 0.5) is 0 Å². The average molecular weight is 286 g/mol. The summed E-state index contributed by atoms with van der Waals surface area (Å²) in [4.78, 5) is 22.7. The molecule has 21 heavy (non-hydrogen) atoms. The van der Waals surface area contributed by atoms with Crippen LogP contribution in [-0.4, -0.2) is 45.5 Å². The molecule has 0 radical (unpaired) electrons. The number of rotatable bonds is 3. The van der Waals surface area contributed by atoms with E-state index in [0.29, 0.717) is 18.0 Å². The number of piperidine rings is 1. The van der Waals surface area contributed by atoms with Crippen molar-refractivity contribution in [2.45, 2.75) is 18.9 Å². The fourth-order valence-electron chi connectivity index (χ4n) is 2.75. The maximum Gasteiger partial charge on any atom is 0.259 e. The zero-order valence-electron chi connectivity index (χ0n) is 12.0. The summed E-state index contributed by atoms with van der Waals surface area (Å²) in [7, 11) is 1.53. The molecule has 0 aliphatic carbocycles. The smallest absolute Gasteiger partial charge is 0.259 e. The Bertz CT molecular complexity index is 612. The molecule has 0 aromatic carbocycles. The zero-order chi connectivity index (χ0) is 14.7. The number of hydrogen-bond acceptors (Lipinski definition) is 4. The van der Waals surface area contributed by atoms with E-state index >= 15 is 0 Å². The highest BCUT2D eigenvalue weighted by Gasteiger charge is 2.27. The molecule has 3 rings (SSSR count). The predicted molar refractivity (Wildman–Crippen MR) is 77.2 cm³/mol. The van der Waals surface area contributed by atoms with Crippen LogP contribution in [-0.2, 0) is 0 Å². The zero-order valence-corrected chi connectivity index (χ0v) is 12.0. The molecule has 2 aromatic heterocycles. The first-order valence-electron chi connectivity index (χ1n) is 7.05. The van der Waals surface area contributed by atoms with Crippen LogP contribution in [0.15, 0.2) is 37.1 Å². The summed E-state index contributed by atoms with van der Waals surface area (Å²) in [6.07, 6.45) is 9.19. The number of hydrogen-bond donors (Lipinski definition) is 0. The Balaban J connectivity index is 1.78. The minimum absolute atomic E-state index is 0.0234. The Morgan fingerprint density at radius 1 is 1.43 bits per heavy atom. The monoisotopic (exact) mass is 286 g/mol. The normalized spacial score (nSPS) is 18.5. The fraction of sp³-hybridized carbons (Fsp3) is 0.400. The molecule has 1 amide bonds. The lowest BCUT2D eigenvalue weighted by Crippen LogP contribution is -2.40. The molecule has 0 N–H and O–H groups in total. The van der Waals surface area contributed by atoms with Crippen molar-refractivity contribution in [1.82, 2.24) is 19.4 Å². The van der Waals surface area contributed by atoms with Crippen LogP contribution >= 0.6 is 0 Å². The third-order valence-corrected chi connectivity index (χ3v) is 3.83. The lowest BCUT2D eigenvalue weighted by atomic mass is 10.0. The highest BCUT2D eigenvalue weighted by molar-refractivity contribution is 5.96. The van der Waals surface area contributed by atoms with Crippen molar-refractivity contribution in [2.75, 3.05) is 20.2 Å². The maximum absolute atomic E-state index is 12.7. The molecule has 1 atom stereocenters. The minimum Gasteiger partial charge on any atom is -0.480 e. The molecule has 6 heteroatoms. The largest absolute Gasteiger partial charge is 0.480 e.